The first-order chi connectivity index (χ1) is 12.6. The number of nitrogens with zero attached hydrogens (tertiary/aromatic N) is 2. The number of alkyl halides is 3. The fourth-order valence-electron chi connectivity index (χ4n) is 3.63. The van der Waals surface area contributed by atoms with Gasteiger partial charge in [-0.05, 0) is 40.5 Å². The Labute approximate surface area is 169 Å². The molecule has 1 spiro atoms. The van der Waals surface area contributed by atoms with E-state index in [0.717, 1.165) is 36.5 Å². The van der Waals surface area contributed by atoms with Crippen LogP contribution in [-0.4, -0.2) is 45.6 Å². The number of halogens is 3. The Hall–Kier alpha value is 0.290. The second kappa shape index (κ2) is 9.86. The van der Waals surface area contributed by atoms with Crippen molar-refractivity contribution in [2.75, 3.05) is 6.61 Å². The van der Waals surface area contributed by atoms with E-state index < -0.39 is 30.8 Å². The van der Waals surface area contributed by atoms with Crippen LogP contribution in [0.25, 0.3) is 0 Å². The van der Waals surface area contributed by atoms with Gasteiger partial charge in [-0.2, -0.15) is 18.4 Å². The predicted molar refractivity (Wildman–Crippen MR) is 106 cm³/mol. The van der Waals surface area contributed by atoms with Gasteiger partial charge in [0.25, 0.3) is 8.53 Å². The summed E-state index contributed by atoms with van der Waals surface area (Å²) in [6, 6.07) is 2.14. The molecule has 1 saturated carbocycles. The first kappa shape index (κ1) is 23.6. The largest absolute Gasteiger partial charge is 0.403 e. The summed E-state index contributed by atoms with van der Waals surface area (Å²) < 4.78 is 54.7. The maximum absolute atomic E-state index is 13.7. The van der Waals surface area contributed by atoms with E-state index in [1.54, 1.807) is 0 Å². The van der Waals surface area contributed by atoms with Gasteiger partial charge in [0.05, 0.1) is 23.8 Å². The Morgan fingerprint density at radius 3 is 2.30 bits per heavy atom. The number of hydrogen-bond donors (Lipinski definition) is 0. The Balaban J connectivity index is 2.28. The fourth-order valence-corrected chi connectivity index (χ4v) is 9.55. The molecular weight excluding hydrogens is 416 g/mol. The molecule has 4 nitrogen and oxygen atoms in total. The van der Waals surface area contributed by atoms with E-state index in [4.69, 9.17) is 14.3 Å². The number of nitriles is 1. The van der Waals surface area contributed by atoms with Crippen LogP contribution in [0.3, 0.4) is 0 Å². The summed E-state index contributed by atoms with van der Waals surface area (Å²) in [5.74, 6) is 0. The van der Waals surface area contributed by atoms with Crippen molar-refractivity contribution in [3.8, 4) is 6.07 Å². The van der Waals surface area contributed by atoms with Gasteiger partial charge >= 0.3 is 6.18 Å². The van der Waals surface area contributed by atoms with Crippen molar-refractivity contribution in [2.45, 2.75) is 94.2 Å². The van der Waals surface area contributed by atoms with Crippen LogP contribution < -0.4 is 0 Å². The van der Waals surface area contributed by atoms with Crippen molar-refractivity contribution in [3.05, 3.63) is 0 Å². The van der Waals surface area contributed by atoms with Crippen LogP contribution in [0.15, 0.2) is 0 Å². The van der Waals surface area contributed by atoms with E-state index in [0.29, 0.717) is 0 Å². The maximum atomic E-state index is 13.7. The van der Waals surface area contributed by atoms with Gasteiger partial charge in [-0.1, -0.05) is 34.4 Å². The zero-order valence-corrected chi connectivity index (χ0v) is 18.7. The molecule has 156 valence electrons. The Morgan fingerprint density at radius 2 is 1.81 bits per heavy atom. The normalized spacial score (nSPS) is 26.4. The zero-order valence-electron chi connectivity index (χ0n) is 16.2. The molecule has 0 aromatic carbocycles. The molecule has 10 heteroatoms. The third kappa shape index (κ3) is 5.67. The van der Waals surface area contributed by atoms with E-state index in [1.807, 2.05) is 38.4 Å². The number of rotatable bonds is 8. The SMILES string of the molecule is CC(C)N(C(C)C)P(OCCC#N)O[C@@H]1[C@H](C(F)(F)F)SSC12CCCC2. The Kier molecular flexibility index (Phi) is 8.61. The van der Waals surface area contributed by atoms with Gasteiger partial charge < -0.3 is 9.05 Å². The van der Waals surface area contributed by atoms with Crippen LogP contribution in [0.2, 0.25) is 0 Å². The third-order valence-corrected chi connectivity index (χ3v) is 10.6. The molecule has 2 aliphatic rings. The molecule has 1 heterocycles. The van der Waals surface area contributed by atoms with Crippen LogP contribution >= 0.6 is 30.1 Å². The lowest BCUT2D eigenvalue weighted by atomic mass is 9.96. The second-order valence-electron chi connectivity index (χ2n) is 7.49. The molecule has 1 saturated heterocycles. The minimum atomic E-state index is -4.32. The molecule has 0 bridgehead atoms. The first-order valence-corrected chi connectivity index (χ1v) is 12.6. The Morgan fingerprint density at radius 1 is 1.22 bits per heavy atom. The molecule has 0 amide bonds. The highest BCUT2D eigenvalue weighted by Gasteiger charge is 2.62. The molecule has 1 aliphatic heterocycles. The monoisotopic (exact) mass is 444 g/mol. The standard InChI is InChI=1S/C17H28F3N2O2PS2/c1-12(2)22(13(3)4)25(23-11-7-10-21)24-14-15(17(18,19)20)26-27-16(14)8-5-6-9-16/h12-15H,5-9,11H2,1-4H3/t14-,15-,25?/m1/s1. The lowest BCUT2D eigenvalue weighted by molar-refractivity contribution is -0.146. The van der Waals surface area contributed by atoms with Gasteiger partial charge in [0, 0.05) is 12.1 Å². The second-order valence-corrected chi connectivity index (χ2v) is 11.7. The van der Waals surface area contributed by atoms with Crippen LogP contribution in [0.5, 0.6) is 0 Å². The summed E-state index contributed by atoms with van der Waals surface area (Å²) in [5.41, 5.74) is 0. The molecule has 2 rings (SSSR count). The highest BCUT2D eigenvalue weighted by Crippen LogP contribution is 2.65. The van der Waals surface area contributed by atoms with Crippen molar-refractivity contribution in [1.82, 2.24) is 4.67 Å². The molecule has 1 unspecified atom stereocenters. The van der Waals surface area contributed by atoms with Crippen LogP contribution in [0.1, 0.15) is 59.8 Å². The van der Waals surface area contributed by atoms with Crippen molar-refractivity contribution < 1.29 is 22.2 Å². The first-order valence-electron chi connectivity index (χ1n) is 9.28. The summed E-state index contributed by atoms with van der Waals surface area (Å²) in [7, 11) is 0.567. The van der Waals surface area contributed by atoms with Gasteiger partial charge in [0.2, 0.25) is 0 Å². The summed E-state index contributed by atoms with van der Waals surface area (Å²) in [5, 5.41) is 7.25. The van der Waals surface area contributed by atoms with Crippen molar-refractivity contribution in [2.24, 2.45) is 0 Å². The molecule has 0 aromatic rings. The van der Waals surface area contributed by atoms with Crippen LogP contribution in [-0.2, 0) is 9.05 Å². The summed E-state index contributed by atoms with van der Waals surface area (Å²) >= 11 is 0. The molecule has 1 aliphatic carbocycles. The fraction of sp³-hybridized carbons (Fsp3) is 0.941. The van der Waals surface area contributed by atoms with Gasteiger partial charge in [0.15, 0.2) is 0 Å². The zero-order chi connectivity index (χ0) is 20.2. The van der Waals surface area contributed by atoms with Crippen molar-refractivity contribution >= 4 is 30.1 Å². The molecule has 27 heavy (non-hydrogen) atoms. The van der Waals surface area contributed by atoms with E-state index >= 15 is 0 Å². The third-order valence-electron chi connectivity index (χ3n) is 4.75. The van der Waals surface area contributed by atoms with Crippen LogP contribution in [0, 0.1) is 11.3 Å². The van der Waals surface area contributed by atoms with Gasteiger partial charge in [0.1, 0.15) is 11.4 Å². The summed E-state index contributed by atoms with van der Waals surface area (Å²) in [6.45, 7) is 8.09. The van der Waals surface area contributed by atoms with E-state index in [1.165, 1.54) is 10.8 Å². The smallest absolute Gasteiger partial charge is 0.321 e. The van der Waals surface area contributed by atoms with E-state index in [-0.39, 0.29) is 25.1 Å². The van der Waals surface area contributed by atoms with Crippen molar-refractivity contribution in [3.63, 3.8) is 0 Å². The van der Waals surface area contributed by atoms with E-state index in [9.17, 15) is 13.2 Å². The summed E-state index contributed by atoms with van der Waals surface area (Å²) in [4.78, 5) is 0. The minimum Gasteiger partial charge on any atom is -0.321 e. The minimum absolute atomic E-state index is 0.0590. The average molecular weight is 445 g/mol. The molecule has 0 aromatic heterocycles. The van der Waals surface area contributed by atoms with Crippen molar-refractivity contribution in [1.29, 1.82) is 5.26 Å². The molecule has 2 fully saturated rings. The molecule has 3 atom stereocenters. The molecular formula is C17H28F3N2O2PS2. The lowest BCUT2D eigenvalue weighted by Crippen LogP contribution is -2.47. The quantitative estimate of drug-likeness (QED) is 0.249. The average Bonchev–Trinajstić information content (AvgIpc) is 3.15. The predicted octanol–water partition coefficient (Wildman–Crippen LogP) is 6.29. The lowest BCUT2D eigenvalue weighted by Gasteiger charge is -2.40. The highest BCUT2D eigenvalue weighted by molar-refractivity contribution is 8.78. The van der Waals surface area contributed by atoms with Gasteiger partial charge in [-0.3, -0.25) is 0 Å². The number of hydrogen-bond acceptors (Lipinski definition) is 6. The molecule has 0 N–H and O–H groups in total. The van der Waals surface area contributed by atoms with Gasteiger partial charge in [-0.25, -0.2) is 4.67 Å². The van der Waals surface area contributed by atoms with E-state index in [2.05, 4.69) is 0 Å². The maximum Gasteiger partial charge on any atom is 0.403 e. The van der Waals surface area contributed by atoms with Crippen LogP contribution in [0.4, 0.5) is 13.2 Å². The Bertz CT molecular complexity index is 517. The van der Waals surface area contributed by atoms with Gasteiger partial charge in [-0.15, -0.1) is 0 Å². The molecule has 0 radical (unpaired) electrons. The highest BCUT2D eigenvalue weighted by atomic mass is 33.1. The topological polar surface area (TPSA) is 45.5 Å². The summed E-state index contributed by atoms with van der Waals surface area (Å²) in [6.07, 6.45) is -1.70.